The number of nitrogen functional groups attached to an aromatic ring is 1. The Morgan fingerprint density at radius 3 is 2.90 bits per heavy atom. The third-order valence-electron chi connectivity index (χ3n) is 3.80. The Kier molecular flexibility index (Phi) is 3.91. The molecule has 20 heavy (non-hydrogen) atoms. The topological polar surface area (TPSA) is 76.3 Å². The van der Waals surface area contributed by atoms with Crippen molar-refractivity contribution in [1.29, 1.82) is 0 Å². The number of anilines is 3. The van der Waals surface area contributed by atoms with Gasteiger partial charge in [-0.1, -0.05) is 0 Å². The van der Waals surface area contributed by atoms with E-state index < -0.39 is 0 Å². The fraction of sp³-hybridized carbons (Fsp3) is 0.714. The maximum atomic E-state index is 5.81. The normalized spacial score (nSPS) is 22.6. The van der Waals surface area contributed by atoms with Crippen molar-refractivity contribution in [2.75, 3.05) is 36.1 Å². The number of ether oxygens (including phenoxy) is 1. The Hall–Kier alpha value is -1.56. The predicted octanol–water partition coefficient (Wildman–Crippen LogP) is 1.64. The van der Waals surface area contributed by atoms with Crippen LogP contribution in [0.1, 0.15) is 32.1 Å². The molecule has 1 atom stereocenters. The second-order valence-corrected chi connectivity index (χ2v) is 5.76. The number of aromatic nitrogens is 2. The fourth-order valence-corrected chi connectivity index (χ4v) is 2.51. The third kappa shape index (κ3) is 3.50. The van der Waals surface area contributed by atoms with Gasteiger partial charge in [0.2, 0.25) is 5.95 Å². The SMILES string of the molecule is CN(C[C@H]1CCCCO1)c1cc(NC2CC2)nc(N)n1. The van der Waals surface area contributed by atoms with Gasteiger partial charge in [-0.2, -0.15) is 9.97 Å². The van der Waals surface area contributed by atoms with Crippen LogP contribution in [0, 0.1) is 0 Å². The van der Waals surface area contributed by atoms with Crippen LogP contribution in [0.2, 0.25) is 0 Å². The number of nitrogens with two attached hydrogens (primary N) is 1. The van der Waals surface area contributed by atoms with Gasteiger partial charge in [0.05, 0.1) is 6.10 Å². The summed E-state index contributed by atoms with van der Waals surface area (Å²) < 4.78 is 5.77. The standard InChI is InChI=1S/C14H23N5O/c1-19(9-11-4-2-3-7-20-11)13-8-12(16-10-5-6-10)17-14(15)18-13/h8,10-11H,2-7,9H2,1H3,(H3,15,16,17,18)/t11-/m1/s1. The van der Waals surface area contributed by atoms with Gasteiger partial charge >= 0.3 is 0 Å². The van der Waals surface area contributed by atoms with Crippen molar-refractivity contribution in [3.63, 3.8) is 0 Å². The van der Waals surface area contributed by atoms with E-state index in [1.807, 2.05) is 13.1 Å². The molecule has 1 saturated heterocycles. The smallest absolute Gasteiger partial charge is 0.223 e. The number of likely N-dealkylation sites (N-methyl/N-ethyl adjacent to an activating group) is 1. The minimum atomic E-state index is 0.296. The van der Waals surface area contributed by atoms with Gasteiger partial charge in [-0.15, -0.1) is 0 Å². The molecule has 6 nitrogen and oxygen atoms in total. The molecule has 2 aliphatic rings. The van der Waals surface area contributed by atoms with Crippen molar-refractivity contribution in [2.24, 2.45) is 0 Å². The van der Waals surface area contributed by atoms with Crippen molar-refractivity contribution in [3.05, 3.63) is 6.07 Å². The van der Waals surface area contributed by atoms with Crippen molar-refractivity contribution in [1.82, 2.24) is 9.97 Å². The summed E-state index contributed by atoms with van der Waals surface area (Å²) in [5.74, 6) is 2.00. The fourth-order valence-electron chi connectivity index (χ4n) is 2.51. The lowest BCUT2D eigenvalue weighted by Crippen LogP contribution is -2.34. The van der Waals surface area contributed by atoms with E-state index in [9.17, 15) is 0 Å². The largest absolute Gasteiger partial charge is 0.376 e. The van der Waals surface area contributed by atoms with E-state index in [0.29, 0.717) is 18.1 Å². The summed E-state index contributed by atoms with van der Waals surface area (Å²) in [6.45, 7) is 1.72. The first kappa shape index (κ1) is 13.4. The zero-order chi connectivity index (χ0) is 13.9. The Balaban J connectivity index is 1.65. The molecule has 0 bridgehead atoms. The number of rotatable bonds is 5. The Morgan fingerprint density at radius 1 is 1.35 bits per heavy atom. The Labute approximate surface area is 119 Å². The maximum absolute atomic E-state index is 5.81. The average molecular weight is 277 g/mol. The molecule has 3 rings (SSSR count). The molecular formula is C14H23N5O. The van der Waals surface area contributed by atoms with Crippen molar-refractivity contribution >= 4 is 17.6 Å². The molecule has 2 fully saturated rings. The number of nitrogens with zero attached hydrogens (tertiary/aromatic N) is 3. The number of hydrogen-bond acceptors (Lipinski definition) is 6. The molecule has 110 valence electrons. The highest BCUT2D eigenvalue weighted by Crippen LogP contribution is 2.26. The zero-order valence-corrected chi connectivity index (χ0v) is 12.0. The lowest BCUT2D eigenvalue weighted by atomic mass is 10.1. The highest BCUT2D eigenvalue weighted by molar-refractivity contribution is 5.53. The first-order chi connectivity index (χ1) is 9.70. The molecule has 0 radical (unpaired) electrons. The van der Waals surface area contributed by atoms with E-state index in [4.69, 9.17) is 10.5 Å². The Bertz CT molecular complexity index is 457. The van der Waals surface area contributed by atoms with Gasteiger partial charge in [0.1, 0.15) is 11.6 Å². The molecule has 1 aliphatic carbocycles. The first-order valence-electron chi connectivity index (χ1n) is 7.44. The van der Waals surface area contributed by atoms with E-state index in [0.717, 1.165) is 31.2 Å². The molecule has 6 heteroatoms. The summed E-state index contributed by atoms with van der Waals surface area (Å²) in [6.07, 6.45) is 6.27. The van der Waals surface area contributed by atoms with Crippen LogP contribution in [0.5, 0.6) is 0 Å². The quantitative estimate of drug-likeness (QED) is 0.852. The summed E-state index contributed by atoms with van der Waals surface area (Å²) in [5, 5.41) is 3.37. The second kappa shape index (κ2) is 5.83. The van der Waals surface area contributed by atoms with Gasteiger partial charge in [-0.3, -0.25) is 0 Å². The molecule has 1 aromatic heterocycles. The third-order valence-corrected chi connectivity index (χ3v) is 3.80. The highest BCUT2D eigenvalue weighted by atomic mass is 16.5. The first-order valence-corrected chi connectivity index (χ1v) is 7.44. The Morgan fingerprint density at radius 2 is 2.20 bits per heavy atom. The van der Waals surface area contributed by atoms with Crippen LogP contribution in [0.15, 0.2) is 6.07 Å². The average Bonchev–Trinajstić information content (AvgIpc) is 3.23. The van der Waals surface area contributed by atoms with Crippen LogP contribution in [0.3, 0.4) is 0 Å². The van der Waals surface area contributed by atoms with Gasteiger partial charge in [0.25, 0.3) is 0 Å². The summed E-state index contributed by atoms with van der Waals surface area (Å²) in [6, 6.07) is 2.53. The molecule has 0 unspecified atom stereocenters. The van der Waals surface area contributed by atoms with E-state index in [1.54, 1.807) is 0 Å². The van der Waals surface area contributed by atoms with Crippen molar-refractivity contribution in [3.8, 4) is 0 Å². The number of hydrogen-bond donors (Lipinski definition) is 2. The van der Waals surface area contributed by atoms with Gasteiger partial charge in [-0.05, 0) is 32.1 Å². The van der Waals surface area contributed by atoms with Crippen LogP contribution in [-0.4, -0.2) is 42.3 Å². The molecule has 1 saturated carbocycles. The second-order valence-electron chi connectivity index (χ2n) is 5.76. The molecule has 0 spiro atoms. The summed E-state index contributed by atoms with van der Waals surface area (Å²) in [4.78, 5) is 10.7. The van der Waals surface area contributed by atoms with E-state index in [1.165, 1.54) is 25.7 Å². The lowest BCUT2D eigenvalue weighted by Gasteiger charge is -2.28. The summed E-state index contributed by atoms with van der Waals surface area (Å²) in [5.41, 5.74) is 5.81. The molecule has 1 aliphatic heterocycles. The van der Waals surface area contributed by atoms with E-state index in [-0.39, 0.29) is 0 Å². The molecule has 3 N–H and O–H groups in total. The van der Waals surface area contributed by atoms with E-state index in [2.05, 4.69) is 20.2 Å². The van der Waals surface area contributed by atoms with Crippen LogP contribution in [-0.2, 0) is 4.74 Å². The van der Waals surface area contributed by atoms with Gasteiger partial charge in [0, 0.05) is 32.3 Å². The molecular weight excluding hydrogens is 254 g/mol. The minimum absolute atomic E-state index is 0.296. The molecule has 1 aromatic rings. The zero-order valence-electron chi connectivity index (χ0n) is 12.0. The van der Waals surface area contributed by atoms with Crippen molar-refractivity contribution < 1.29 is 4.74 Å². The summed E-state index contributed by atoms with van der Waals surface area (Å²) >= 11 is 0. The highest BCUT2D eigenvalue weighted by Gasteiger charge is 2.22. The van der Waals surface area contributed by atoms with Crippen LogP contribution >= 0.6 is 0 Å². The number of nitrogens with one attached hydrogen (secondary N) is 1. The van der Waals surface area contributed by atoms with Crippen LogP contribution in [0.4, 0.5) is 17.6 Å². The predicted molar refractivity (Wildman–Crippen MR) is 80.0 cm³/mol. The molecule has 2 heterocycles. The monoisotopic (exact) mass is 277 g/mol. The molecule has 0 amide bonds. The molecule has 0 aromatic carbocycles. The van der Waals surface area contributed by atoms with Gasteiger partial charge in [-0.25, -0.2) is 0 Å². The van der Waals surface area contributed by atoms with Crippen LogP contribution < -0.4 is 16.0 Å². The minimum Gasteiger partial charge on any atom is -0.376 e. The van der Waals surface area contributed by atoms with E-state index >= 15 is 0 Å². The van der Waals surface area contributed by atoms with Gasteiger partial charge < -0.3 is 20.7 Å². The maximum Gasteiger partial charge on any atom is 0.223 e. The van der Waals surface area contributed by atoms with Crippen LogP contribution in [0.25, 0.3) is 0 Å². The lowest BCUT2D eigenvalue weighted by molar-refractivity contribution is 0.0215. The summed E-state index contributed by atoms with van der Waals surface area (Å²) in [7, 11) is 2.03. The van der Waals surface area contributed by atoms with Gasteiger partial charge in [0.15, 0.2) is 0 Å². The van der Waals surface area contributed by atoms with Crippen molar-refractivity contribution in [2.45, 2.75) is 44.2 Å².